The predicted molar refractivity (Wildman–Crippen MR) is 89.4 cm³/mol. The molecule has 0 bridgehead atoms. The maximum Gasteiger partial charge on any atom is 0.177 e. The van der Waals surface area contributed by atoms with Gasteiger partial charge in [-0.05, 0) is 31.7 Å². The summed E-state index contributed by atoms with van der Waals surface area (Å²) in [5.74, 6) is 3.33. The molecule has 1 aliphatic rings. The lowest BCUT2D eigenvalue weighted by atomic mass is 10.1. The van der Waals surface area contributed by atoms with Crippen molar-refractivity contribution in [1.82, 2.24) is 5.32 Å². The number of hydrogen-bond acceptors (Lipinski definition) is 4. The Morgan fingerprint density at radius 3 is 3.00 bits per heavy atom. The number of rotatable bonds is 4. The molecule has 4 rings (SSSR count). The minimum absolute atomic E-state index is 0.728. The van der Waals surface area contributed by atoms with Crippen LogP contribution in [-0.4, -0.2) is 13.7 Å². The van der Waals surface area contributed by atoms with Gasteiger partial charge in [-0.15, -0.1) is 0 Å². The van der Waals surface area contributed by atoms with Crippen molar-refractivity contribution in [3.8, 4) is 17.2 Å². The van der Waals surface area contributed by atoms with Crippen LogP contribution in [0.3, 0.4) is 0 Å². The van der Waals surface area contributed by atoms with Crippen LogP contribution >= 0.6 is 0 Å². The van der Waals surface area contributed by atoms with Gasteiger partial charge in [-0.1, -0.05) is 18.2 Å². The van der Waals surface area contributed by atoms with Crippen LogP contribution in [0.2, 0.25) is 0 Å². The quantitative estimate of drug-likeness (QED) is 0.785. The normalized spacial score (nSPS) is 13.1. The standard InChI is InChI=1S/C19H19NO3/c1-12-16(11-20-2)15-4-3-5-17(19(15)22-12)23-14-7-6-13-8-9-21-18(13)10-14/h3-7,10,20H,8-9,11H2,1-2H3. The van der Waals surface area contributed by atoms with Crippen LogP contribution in [0.25, 0.3) is 11.0 Å². The van der Waals surface area contributed by atoms with E-state index in [0.29, 0.717) is 0 Å². The average molecular weight is 309 g/mol. The Hall–Kier alpha value is -2.46. The summed E-state index contributed by atoms with van der Waals surface area (Å²) in [6, 6.07) is 12.0. The molecule has 23 heavy (non-hydrogen) atoms. The fourth-order valence-corrected chi connectivity index (χ4v) is 3.08. The lowest BCUT2D eigenvalue weighted by Crippen LogP contribution is -2.05. The maximum atomic E-state index is 6.07. The molecule has 0 fully saturated rings. The van der Waals surface area contributed by atoms with Gasteiger partial charge < -0.3 is 19.2 Å². The van der Waals surface area contributed by atoms with E-state index in [0.717, 1.165) is 53.6 Å². The highest BCUT2D eigenvalue weighted by molar-refractivity contribution is 5.87. The van der Waals surface area contributed by atoms with Crippen LogP contribution in [0.5, 0.6) is 17.2 Å². The second kappa shape index (κ2) is 5.63. The third-order valence-electron chi connectivity index (χ3n) is 4.23. The van der Waals surface area contributed by atoms with E-state index in [1.54, 1.807) is 0 Å². The third kappa shape index (κ3) is 2.45. The summed E-state index contributed by atoms with van der Waals surface area (Å²) in [6.45, 7) is 3.51. The fraction of sp³-hybridized carbons (Fsp3) is 0.263. The van der Waals surface area contributed by atoms with E-state index >= 15 is 0 Å². The highest BCUT2D eigenvalue weighted by Crippen LogP contribution is 2.37. The van der Waals surface area contributed by atoms with E-state index in [4.69, 9.17) is 13.9 Å². The molecule has 4 heteroatoms. The van der Waals surface area contributed by atoms with E-state index in [1.165, 1.54) is 11.1 Å². The molecule has 0 radical (unpaired) electrons. The Bertz CT molecular complexity index is 866. The summed E-state index contributed by atoms with van der Waals surface area (Å²) in [7, 11) is 1.93. The summed E-state index contributed by atoms with van der Waals surface area (Å²) in [4.78, 5) is 0. The molecule has 0 atom stereocenters. The van der Waals surface area contributed by atoms with Gasteiger partial charge in [-0.25, -0.2) is 0 Å². The molecule has 0 aliphatic carbocycles. The van der Waals surface area contributed by atoms with Gasteiger partial charge in [-0.2, -0.15) is 0 Å². The Morgan fingerprint density at radius 1 is 1.22 bits per heavy atom. The predicted octanol–water partition coefficient (Wildman–Crippen LogP) is 4.19. The Balaban J connectivity index is 1.73. The molecule has 0 saturated heterocycles. The molecule has 4 nitrogen and oxygen atoms in total. The van der Waals surface area contributed by atoms with Crippen LogP contribution in [0, 0.1) is 6.92 Å². The molecule has 118 valence electrons. The van der Waals surface area contributed by atoms with Gasteiger partial charge in [-0.3, -0.25) is 0 Å². The van der Waals surface area contributed by atoms with E-state index in [-0.39, 0.29) is 0 Å². The number of hydrogen-bond donors (Lipinski definition) is 1. The molecule has 2 aromatic carbocycles. The zero-order chi connectivity index (χ0) is 15.8. The molecular weight excluding hydrogens is 290 g/mol. The van der Waals surface area contributed by atoms with E-state index in [2.05, 4.69) is 17.4 Å². The average Bonchev–Trinajstić information content (AvgIpc) is 3.13. The molecule has 1 N–H and O–H groups in total. The molecule has 1 aromatic heterocycles. The van der Waals surface area contributed by atoms with Crippen molar-refractivity contribution in [1.29, 1.82) is 0 Å². The van der Waals surface area contributed by atoms with Crippen LogP contribution in [0.1, 0.15) is 16.9 Å². The first-order valence-corrected chi connectivity index (χ1v) is 7.85. The second-order valence-corrected chi connectivity index (χ2v) is 5.77. The van der Waals surface area contributed by atoms with Gasteiger partial charge in [0, 0.05) is 30.0 Å². The van der Waals surface area contributed by atoms with Crippen molar-refractivity contribution >= 4 is 11.0 Å². The van der Waals surface area contributed by atoms with E-state index < -0.39 is 0 Å². The molecule has 2 heterocycles. The number of nitrogens with one attached hydrogen (secondary N) is 1. The van der Waals surface area contributed by atoms with Crippen molar-refractivity contribution < 1.29 is 13.9 Å². The first kappa shape index (κ1) is 14.2. The van der Waals surface area contributed by atoms with Crippen LogP contribution in [-0.2, 0) is 13.0 Å². The van der Waals surface area contributed by atoms with Gasteiger partial charge in [0.15, 0.2) is 11.3 Å². The van der Waals surface area contributed by atoms with Gasteiger partial charge in [0.1, 0.15) is 17.3 Å². The van der Waals surface area contributed by atoms with Gasteiger partial charge >= 0.3 is 0 Å². The maximum absolute atomic E-state index is 6.07. The van der Waals surface area contributed by atoms with Gasteiger partial charge in [0.05, 0.1) is 6.61 Å². The summed E-state index contributed by atoms with van der Waals surface area (Å²) < 4.78 is 17.6. The van der Waals surface area contributed by atoms with Crippen molar-refractivity contribution in [2.24, 2.45) is 0 Å². The summed E-state index contributed by atoms with van der Waals surface area (Å²) in [5, 5.41) is 4.27. The molecule has 0 unspecified atom stereocenters. The number of benzene rings is 2. The highest BCUT2D eigenvalue weighted by atomic mass is 16.5. The number of para-hydroxylation sites is 1. The highest BCUT2D eigenvalue weighted by Gasteiger charge is 2.16. The second-order valence-electron chi connectivity index (χ2n) is 5.77. The van der Waals surface area contributed by atoms with E-state index in [1.807, 2.05) is 38.2 Å². The largest absolute Gasteiger partial charge is 0.493 e. The number of furan rings is 1. The summed E-state index contributed by atoms with van der Waals surface area (Å²) >= 11 is 0. The van der Waals surface area contributed by atoms with Crippen molar-refractivity contribution in [3.05, 3.63) is 53.3 Å². The lowest BCUT2D eigenvalue weighted by Gasteiger charge is -2.08. The summed E-state index contributed by atoms with van der Waals surface area (Å²) in [6.07, 6.45) is 0.968. The Morgan fingerprint density at radius 2 is 2.13 bits per heavy atom. The Kier molecular flexibility index (Phi) is 3.46. The lowest BCUT2D eigenvalue weighted by molar-refractivity contribution is 0.355. The van der Waals surface area contributed by atoms with Crippen molar-refractivity contribution in [2.75, 3.05) is 13.7 Å². The number of ether oxygens (including phenoxy) is 2. The van der Waals surface area contributed by atoms with Crippen LogP contribution < -0.4 is 14.8 Å². The minimum atomic E-state index is 0.728. The minimum Gasteiger partial charge on any atom is -0.493 e. The zero-order valence-corrected chi connectivity index (χ0v) is 13.3. The van der Waals surface area contributed by atoms with Crippen molar-refractivity contribution in [3.63, 3.8) is 0 Å². The molecule has 1 aliphatic heterocycles. The van der Waals surface area contributed by atoms with Crippen LogP contribution in [0.15, 0.2) is 40.8 Å². The molecule has 3 aromatic rings. The zero-order valence-electron chi connectivity index (χ0n) is 13.3. The third-order valence-corrected chi connectivity index (χ3v) is 4.23. The first-order valence-electron chi connectivity index (χ1n) is 7.85. The molecule has 0 amide bonds. The van der Waals surface area contributed by atoms with E-state index in [9.17, 15) is 0 Å². The van der Waals surface area contributed by atoms with Gasteiger partial charge in [0.25, 0.3) is 0 Å². The number of aryl methyl sites for hydroxylation is 1. The number of fused-ring (bicyclic) bond motifs is 2. The monoisotopic (exact) mass is 309 g/mol. The molecule has 0 spiro atoms. The smallest absolute Gasteiger partial charge is 0.177 e. The van der Waals surface area contributed by atoms with Crippen LogP contribution in [0.4, 0.5) is 0 Å². The Labute approximate surface area is 135 Å². The topological polar surface area (TPSA) is 43.6 Å². The van der Waals surface area contributed by atoms with Crippen molar-refractivity contribution in [2.45, 2.75) is 19.9 Å². The SMILES string of the molecule is CNCc1c(C)oc2c(Oc3ccc4c(c3)OCC4)cccc12. The van der Waals surface area contributed by atoms with Gasteiger partial charge in [0.2, 0.25) is 0 Å². The molecular formula is C19H19NO3. The first-order chi connectivity index (χ1) is 11.3. The molecule has 0 saturated carbocycles. The summed E-state index contributed by atoms with van der Waals surface area (Å²) in [5.41, 5.74) is 3.20. The fourth-order valence-electron chi connectivity index (χ4n) is 3.08.